The molecule has 0 saturated heterocycles. The summed E-state index contributed by atoms with van der Waals surface area (Å²) in [4.78, 5) is 16.7. The summed E-state index contributed by atoms with van der Waals surface area (Å²) in [7, 11) is 0. The van der Waals surface area contributed by atoms with E-state index in [1.807, 2.05) is 0 Å². The highest BCUT2D eigenvalue weighted by molar-refractivity contribution is 6.31. The lowest BCUT2D eigenvalue weighted by molar-refractivity contribution is 0.0917. The molecule has 7 heteroatoms. The third-order valence-corrected chi connectivity index (χ3v) is 4.05. The summed E-state index contributed by atoms with van der Waals surface area (Å²) in [6.07, 6.45) is -0.898. The molecule has 3 aromatic rings. The van der Waals surface area contributed by atoms with Gasteiger partial charge >= 0.3 is 0 Å². The van der Waals surface area contributed by atoms with Crippen molar-refractivity contribution in [2.24, 2.45) is 0 Å². The first kappa shape index (κ1) is 16.4. The van der Waals surface area contributed by atoms with Crippen LogP contribution in [0.5, 0.6) is 0 Å². The molecule has 0 spiro atoms. The van der Waals surface area contributed by atoms with Gasteiger partial charge in [-0.2, -0.15) is 0 Å². The molecule has 0 bridgehead atoms. The summed E-state index contributed by atoms with van der Waals surface area (Å²) >= 11 is 6.05. The van der Waals surface area contributed by atoms with E-state index in [1.54, 1.807) is 44.2 Å². The van der Waals surface area contributed by atoms with Crippen LogP contribution in [0.25, 0.3) is 11.1 Å². The van der Waals surface area contributed by atoms with Crippen LogP contribution < -0.4 is 5.32 Å². The molecule has 1 unspecified atom stereocenters. The molecular weight excluding hydrogens is 330 g/mol. The summed E-state index contributed by atoms with van der Waals surface area (Å²) in [5.74, 6) is -0.331. The van der Waals surface area contributed by atoms with E-state index in [0.717, 1.165) is 0 Å². The fourth-order valence-corrected chi connectivity index (χ4v) is 2.80. The lowest BCUT2D eigenvalue weighted by Crippen LogP contribution is -2.28. The van der Waals surface area contributed by atoms with Gasteiger partial charge in [0.05, 0.1) is 22.7 Å². The number of aliphatic hydroxyl groups is 1. The van der Waals surface area contributed by atoms with E-state index >= 15 is 0 Å². The van der Waals surface area contributed by atoms with Crippen LogP contribution in [0.15, 0.2) is 34.9 Å². The zero-order valence-corrected chi connectivity index (χ0v) is 14.0. The summed E-state index contributed by atoms with van der Waals surface area (Å²) < 4.78 is 5.12. The van der Waals surface area contributed by atoms with Crippen molar-refractivity contribution in [2.45, 2.75) is 20.0 Å². The number of rotatable bonds is 4. The molecule has 1 amide bonds. The van der Waals surface area contributed by atoms with Crippen molar-refractivity contribution in [1.82, 2.24) is 15.5 Å². The second kappa shape index (κ2) is 6.59. The first-order valence-corrected chi connectivity index (χ1v) is 7.79. The van der Waals surface area contributed by atoms with Crippen LogP contribution >= 0.6 is 11.6 Å². The number of nitrogens with one attached hydrogen (secondary N) is 1. The van der Waals surface area contributed by atoms with E-state index < -0.39 is 6.10 Å². The number of benzene rings is 1. The lowest BCUT2D eigenvalue weighted by atomic mass is 10.1. The van der Waals surface area contributed by atoms with Crippen molar-refractivity contribution in [1.29, 1.82) is 0 Å². The highest BCUT2D eigenvalue weighted by Crippen LogP contribution is 2.23. The predicted octanol–water partition coefficient (Wildman–Crippen LogP) is 2.96. The van der Waals surface area contributed by atoms with Gasteiger partial charge in [0.2, 0.25) is 0 Å². The summed E-state index contributed by atoms with van der Waals surface area (Å²) in [5.41, 5.74) is 2.55. The minimum atomic E-state index is -0.898. The Labute approximate surface area is 143 Å². The topological polar surface area (TPSA) is 88.2 Å². The van der Waals surface area contributed by atoms with E-state index in [1.165, 1.54) is 0 Å². The van der Waals surface area contributed by atoms with Gasteiger partial charge in [0.1, 0.15) is 0 Å². The fourth-order valence-electron chi connectivity index (χ4n) is 2.54. The Balaban J connectivity index is 1.81. The van der Waals surface area contributed by atoms with Crippen LogP contribution in [0.3, 0.4) is 0 Å². The molecule has 0 fully saturated rings. The minimum Gasteiger partial charge on any atom is -0.387 e. The fraction of sp³-hybridized carbons (Fsp3) is 0.235. The Morgan fingerprint density at radius 1 is 1.38 bits per heavy atom. The summed E-state index contributed by atoms with van der Waals surface area (Å²) in [5, 5.41) is 17.8. The lowest BCUT2D eigenvalue weighted by Gasteiger charge is -2.14. The van der Waals surface area contributed by atoms with E-state index in [0.29, 0.717) is 38.6 Å². The van der Waals surface area contributed by atoms with Crippen LogP contribution in [0.2, 0.25) is 5.02 Å². The maximum absolute atomic E-state index is 12.5. The molecule has 2 aromatic heterocycles. The first-order chi connectivity index (χ1) is 11.5. The molecule has 0 aliphatic heterocycles. The van der Waals surface area contributed by atoms with Crippen molar-refractivity contribution in [3.05, 3.63) is 57.9 Å². The molecular formula is C17H16ClN3O3. The van der Waals surface area contributed by atoms with Crippen LogP contribution in [-0.2, 0) is 0 Å². The molecule has 0 radical (unpaired) electrons. The number of carbonyl (C=O) groups is 1. The van der Waals surface area contributed by atoms with Crippen molar-refractivity contribution < 1.29 is 14.4 Å². The van der Waals surface area contributed by atoms with E-state index in [4.69, 9.17) is 16.1 Å². The normalized spacial score (nSPS) is 12.3. The van der Waals surface area contributed by atoms with E-state index in [2.05, 4.69) is 15.5 Å². The summed E-state index contributed by atoms with van der Waals surface area (Å²) in [6.45, 7) is 3.56. The van der Waals surface area contributed by atoms with Gasteiger partial charge in [0, 0.05) is 22.8 Å². The molecule has 0 aliphatic carbocycles. The zero-order valence-electron chi connectivity index (χ0n) is 13.2. The number of amides is 1. The molecule has 124 valence electrons. The standard InChI is InChI=1S/C17H16ClN3O3/c1-9-7-12(15-10(2)21-24-17(15)20-9)16(23)19-8-14(22)11-5-3-4-6-13(11)18/h3-7,14,22H,8H2,1-2H3,(H,19,23). The van der Waals surface area contributed by atoms with E-state index in [-0.39, 0.29) is 12.5 Å². The maximum atomic E-state index is 12.5. The third-order valence-electron chi connectivity index (χ3n) is 3.71. The second-order valence-electron chi connectivity index (χ2n) is 5.51. The number of aryl methyl sites for hydroxylation is 2. The van der Waals surface area contributed by atoms with Gasteiger partial charge in [-0.05, 0) is 26.0 Å². The van der Waals surface area contributed by atoms with Gasteiger partial charge in [-0.25, -0.2) is 4.98 Å². The van der Waals surface area contributed by atoms with E-state index in [9.17, 15) is 9.90 Å². The third kappa shape index (κ3) is 3.11. The average Bonchev–Trinajstić information content (AvgIpc) is 2.93. The smallest absolute Gasteiger partial charge is 0.258 e. The van der Waals surface area contributed by atoms with Gasteiger partial charge in [0.25, 0.3) is 11.6 Å². The van der Waals surface area contributed by atoms with Gasteiger partial charge in [-0.1, -0.05) is 35.0 Å². The van der Waals surface area contributed by atoms with Crippen molar-refractivity contribution in [3.63, 3.8) is 0 Å². The molecule has 0 saturated carbocycles. The quantitative estimate of drug-likeness (QED) is 0.759. The van der Waals surface area contributed by atoms with Gasteiger partial charge < -0.3 is 14.9 Å². The van der Waals surface area contributed by atoms with Gasteiger partial charge in [-0.3, -0.25) is 4.79 Å². The Kier molecular flexibility index (Phi) is 4.51. The van der Waals surface area contributed by atoms with Crippen LogP contribution in [0, 0.1) is 13.8 Å². The SMILES string of the molecule is Cc1cc(C(=O)NCC(O)c2ccccc2Cl)c2c(C)noc2n1. The number of aliphatic hydroxyl groups excluding tert-OH is 1. The molecule has 0 aliphatic rings. The first-order valence-electron chi connectivity index (χ1n) is 7.41. The number of fused-ring (bicyclic) bond motifs is 1. The monoisotopic (exact) mass is 345 g/mol. The molecule has 2 heterocycles. The van der Waals surface area contributed by atoms with Crippen LogP contribution in [-0.4, -0.2) is 27.7 Å². The molecule has 1 atom stereocenters. The molecule has 3 rings (SSSR count). The van der Waals surface area contributed by atoms with Crippen LogP contribution in [0.4, 0.5) is 0 Å². The molecule has 2 N–H and O–H groups in total. The minimum absolute atomic E-state index is 0.0375. The number of pyridine rings is 1. The van der Waals surface area contributed by atoms with Gasteiger partial charge in [0.15, 0.2) is 0 Å². The summed E-state index contributed by atoms with van der Waals surface area (Å²) in [6, 6.07) is 8.64. The average molecular weight is 346 g/mol. The number of hydrogen-bond acceptors (Lipinski definition) is 5. The van der Waals surface area contributed by atoms with Crippen molar-refractivity contribution >= 4 is 28.6 Å². The predicted molar refractivity (Wildman–Crippen MR) is 90.0 cm³/mol. The Hall–Kier alpha value is -2.44. The number of hydrogen-bond donors (Lipinski definition) is 2. The number of nitrogens with zero attached hydrogens (tertiary/aromatic N) is 2. The highest BCUT2D eigenvalue weighted by atomic mass is 35.5. The number of halogens is 1. The molecule has 24 heavy (non-hydrogen) atoms. The Morgan fingerprint density at radius 3 is 2.88 bits per heavy atom. The Morgan fingerprint density at radius 2 is 2.12 bits per heavy atom. The molecule has 1 aromatic carbocycles. The van der Waals surface area contributed by atoms with Crippen molar-refractivity contribution in [3.8, 4) is 0 Å². The molecule has 6 nitrogen and oxygen atoms in total. The van der Waals surface area contributed by atoms with Crippen molar-refractivity contribution in [2.75, 3.05) is 6.54 Å². The Bertz CT molecular complexity index is 907. The zero-order chi connectivity index (χ0) is 17.3. The maximum Gasteiger partial charge on any atom is 0.258 e. The second-order valence-corrected chi connectivity index (χ2v) is 5.91. The largest absolute Gasteiger partial charge is 0.387 e. The van der Waals surface area contributed by atoms with Gasteiger partial charge in [-0.15, -0.1) is 0 Å². The number of aromatic nitrogens is 2. The highest BCUT2D eigenvalue weighted by Gasteiger charge is 2.19. The number of carbonyl (C=O) groups excluding carboxylic acids is 1. The van der Waals surface area contributed by atoms with Crippen LogP contribution in [0.1, 0.15) is 33.4 Å².